The van der Waals surface area contributed by atoms with Gasteiger partial charge in [0.2, 0.25) is 5.88 Å². The Balaban J connectivity index is 2.04. The van der Waals surface area contributed by atoms with Gasteiger partial charge >= 0.3 is 0 Å². The van der Waals surface area contributed by atoms with E-state index >= 15 is 0 Å². The van der Waals surface area contributed by atoms with Crippen LogP contribution in [0.4, 0.5) is 0 Å². The van der Waals surface area contributed by atoms with Crippen molar-refractivity contribution in [3.8, 4) is 5.88 Å². The fourth-order valence-electron chi connectivity index (χ4n) is 1.92. The van der Waals surface area contributed by atoms with Gasteiger partial charge in [-0.25, -0.2) is 0 Å². The number of aromatic nitrogens is 2. The van der Waals surface area contributed by atoms with Crippen molar-refractivity contribution in [1.82, 2.24) is 10.2 Å². The summed E-state index contributed by atoms with van der Waals surface area (Å²) in [5, 5.41) is 7.99. The van der Waals surface area contributed by atoms with Crippen LogP contribution in [0, 0.1) is 12.8 Å². The molecule has 1 N–H and O–H groups in total. The lowest BCUT2D eigenvalue weighted by Gasteiger charge is -2.06. The highest BCUT2D eigenvalue weighted by atomic mass is 35.5. The normalized spacial score (nSPS) is 11.0. The number of ether oxygens (including phenoxy) is 1. The molecule has 0 unspecified atom stereocenters. The van der Waals surface area contributed by atoms with Crippen molar-refractivity contribution in [1.29, 1.82) is 0 Å². The van der Waals surface area contributed by atoms with Gasteiger partial charge in [-0.3, -0.25) is 5.10 Å². The van der Waals surface area contributed by atoms with E-state index in [9.17, 15) is 0 Å². The van der Waals surface area contributed by atoms with E-state index < -0.39 is 0 Å². The van der Waals surface area contributed by atoms with Crippen molar-refractivity contribution in [2.45, 2.75) is 33.8 Å². The number of rotatable bonds is 5. The highest BCUT2D eigenvalue weighted by Gasteiger charge is 2.11. The van der Waals surface area contributed by atoms with Crippen LogP contribution < -0.4 is 4.74 Å². The monoisotopic (exact) mass is 278 g/mol. The molecule has 0 bridgehead atoms. The molecule has 0 radical (unpaired) electrons. The van der Waals surface area contributed by atoms with E-state index in [-0.39, 0.29) is 0 Å². The molecular weight excluding hydrogens is 260 g/mol. The summed E-state index contributed by atoms with van der Waals surface area (Å²) in [5.74, 6) is 1.26. The van der Waals surface area contributed by atoms with Crippen molar-refractivity contribution in [2.24, 2.45) is 5.92 Å². The zero-order valence-electron chi connectivity index (χ0n) is 11.5. The number of H-pyrrole nitrogens is 1. The summed E-state index contributed by atoms with van der Waals surface area (Å²) >= 11 is 6.10. The van der Waals surface area contributed by atoms with Crippen LogP contribution in [0.15, 0.2) is 24.3 Å². The predicted molar refractivity (Wildman–Crippen MR) is 77.7 cm³/mol. The van der Waals surface area contributed by atoms with Gasteiger partial charge < -0.3 is 4.74 Å². The molecule has 0 aliphatic carbocycles. The molecule has 0 aliphatic rings. The van der Waals surface area contributed by atoms with Crippen LogP contribution >= 0.6 is 11.6 Å². The second-order valence-electron chi connectivity index (χ2n) is 5.11. The van der Waals surface area contributed by atoms with Crippen LogP contribution in [0.25, 0.3) is 0 Å². The van der Waals surface area contributed by atoms with Crippen LogP contribution in [0.1, 0.15) is 30.7 Å². The van der Waals surface area contributed by atoms with E-state index in [1.807, 2.05) is 31.2 Å². The molecule has 3 nitrogen and oxygen atoms in total. The lowest BCUT2D eigenvalue weighted by Crippen LogP contribution is -1.98. The molecule has 19 heavy (non-hydrogen) atoms. The number of benzene rings is 1. The first kappa shape index (κ1) is 13.9. The summed E-state index contributed by atoms with van der Waals surface area (Å²) in [5.41, 5.74) is 3.20. The lowest BCUT2D eigenvalue weighted by molar-refractivity contribution is 0.291. The maximum absolute atomic E-state index is 6.10. The van der Waals surface area contributed by atoms with Crippen molar-refractivity contribution >= 4 is 11.6 Å². The summed E-state index contributed by atoms with van der Waals surface area (Å²) in [6.07, 6.45) is 0.980. The summed E-state index contributed by atoms with van der Waals surface area (Å²) < 4.78 is 5.74. The van der Waals surface area contributed by atoms with Crippen molar-refractivity contribution < 1.29 is 4.74 Å². The zero-order valence-corrected chi connectivity index (χ0v) is 12.3. The van der Waals surface area contributed by atoms with E-state index in [0.29, 0.717) is 18.4 Å². The van der Waals surface area contributed by atoms with Gasteiger partial charge in [-0.2, -0.15) is 0 Å². The molecule has 4 heteroatoms. The fraction of sp³-hybridized carbons (Fsp3) is 0.400. The number of halogens is 1. The van der Waals surface area contributed by atoms with Crippen molar-refractivity contribution in [2.75, 3.05) is 0 Å². The number of hydrogen-bond acceptors (Lipinski definition) is 2. The number of hydrogen-bond donors (Lipinski definition) is 1. The minimum atomic E-state index is 0.437. The minimum Gasteiger partial charge on any atom is -0.471 e. The Kier molecular flexibility index (Phi) is 4.48. The van der Waals surface area contributed by atoms with Gasteiger partial charge in [0, 0.05) is 21.8 Å². The third-order valence-corrected chi connectivity index (χ3v) is 3.37. The molecule has 0 aliphatic heterocycles. The molecule has 1 aromatic carbocycles. The molecule has 102 valence electrons. The summed E-state index contributed by atoms with van der Waals surface area (Å²) in [4.78, 5) is 0. The van der Waals surface area contributed by atoms with Gasteiger partial charge in [-0.15, -0.1) is 5.10 Å². The van der Waals surface area contributed by atoms with Gasteiger partial charge in [-0.1, -0.05) is 43.6 Å². The highest BCUT2D eigenvalue weighted by molar-refractivity contribution is 6.31. The van der Waals surface area contributed by atoms with Crippen LogP contribution in [0.2, 0.25) is 5.02 Å². The maximum Gasteiger partial charge on any atom is 0.236 e. The third-order valence-electron chi connectivity index (χ3n) is 3.00. The molecule has 0 spiro atoms. The molecule has 0 saturated heterocycles. The molecule has 0 saturated carbocycles. The second kappa shape index (κ2) is 6.11. The smallest absolute Gasteiger partial charge is 0.236 e. The van der Waals surface area contributed by atoms with E-state index in [2.05, 4.69) is 24.0 Å². The topological polar surface area (TPSA) is 37.9 Å². The van der Waals surface area contributed by atoms with Crippen LogP contribution in [-0.2, 0) is 13.0 Å². The van der Waals surface area contributed by atoms with Gasteiger partial charge in [0.1, 0.15) is 6.61 Å². The van der Waals surface area contributed by atoms with Gasteiger partial charge in [0.15, 0.2) is 0 Å². The molecule has 1 heterocycles. The van der Waals surface area contributed by atoms with Gasteiger partial charge in [0.25, 0.3) is 0 Å². The predicted octanol–water partition coefficient (Wildman–Crippen LogP) is 4.15. The Hall–Kier alpha value is -1.48. The molecule has 0 amide bonds. The third kappa shape index (κ3) is 3.51. The van der Waals surface area contributed by atoms with Gasteiger partial charge in [-0.05, 0) is 25.3 Å². The molecule has 2 aromatic rings. The van der Waals surface area contributed by atoms with Crippen LogP contribution in [-0.4, -0.2) is 10.2 Å². The summed E-state index contributed by atoms with van der Waals surface area (Å²) in [6, 6.07) is 7.68. The fourth-order valence-corrected chi connectivity index (χ4v) is 2.11. The van der Waals surface area contributed by atoms with E-state index in [1.54, 1.807) is 0 Å². The maximum atomic E-state index is 6.10. The molecule has 0 atom stereocenters. The van der Waals surface area contributed by atoms with Gasteiger partial charge in [0.05, 0.1) is 0 Å². The number of aromatic amines is 1. The highest BCUT2D eigenvalue weighted by Crippen LogP contribution is 2.22. The Morgan fingerprint density at radius 3 is 2.74 bits per heavy atom. The summed E-state index contributed by atoms with van der Waals surface area (Å²) in [7, 11) is 0. The molecule has 0 fully saturated rings. The largest absolute Gasteiger partial charge is 0.471 e. The average molecular weight is 279 g/mol. The first-order chi connectivity index (χ1) is 9.08. The molecule has 1 aromatic heterocycles. The van der Waals surface area contributed by atoms with Crippen molar-refractivity contribution in [3.63, 3.8) is 0 Å². The lowest BCUT2D eigenvalue weighted by atomic mass is 10.1. The number of nitrogens with one attached hydrogen (secondary N) is 1. The van der Waals surface area contributed by atoms with E-state index in [4.69, 9.17) is 16.3 Å². The quantitative estimate of drug-likeness (QED) is 0.892. The Morgan fingerprint density at radius 2 is 2.05 bits per heavy atom. The average Bonchev–Trinajstić information content (AvgIpc) is 2.69. The standard InChI is InChI=1S/C15H19ClN2O/c1-10(2)8-14-11(3)15(18-17-14)19-9-12-6-4-5-7-13(12)16/h4-7,10H,8-9H2,1-3H3,(H,17,18). The first-order valence-corrected chi connectivity index (χ1v) is 6.85. The Morgan fingerprint density at radius 1 is 1.32 bits per heavy atom. The first-order valence-electron chi connectivity index (χ1n) is 6.48. The van der Waals surface area contributed by atoms with E-state index in [1.165, 1.54) is 0 Å². The number of nitrogens with zero attached hydrogens (tertiary/aromatic N) is 1. The summed E-state index contributed by atoms with van der Waals surface area (Å²) in [6.45, 7) is 6.84. The molecule has 2 rings (SSSR count). The Labute approximate surface area is 118 Å². The molecular formula is C15H19ClN2O. The SMILES string of the molecule is Cc1c(OCc2ccccc2Cl)n[nH]c1CC(C)C. The second-order valence-corrected chi connectivity index (χ2v) is 5.52. The van der Waals surface area contributed by atoms with Crippen LogP contribution in [0.5, 0.6) is 5.88 Å². The Bertz CT molecular complexity index is 549. The van der Waals surface area contributed by atoms with Crippen LogP contribution in [0.3, 0.4) is 0 Å². The van der Waals surface area contributed by atoms with Crippen molar-refractivity contribution in [3.05, 3.63) is 46.1 Å². The zero-order chi connectivity index (χ0) is 13.8. The minimum absolute atomic E-state index is 0.437. The van der Waals surface area contributed by atoms with E-state index in [0.717, 1.165) is 28.3 Å².